The third-order valence-corrected chi connectivity index (χ3v) is 5.94. The van der Waals surface area contributed by atoms with Gasteiger partial charge in [0.05, 0.1) is 20.6 Å². The summed E-state index contributed by atoms with van der Waals surface area (Å²) in [6.07, 6.45) is 0.510. The predicted molar refractivity (Wildman–Crippen MR) is 138 cm³/mol. The van der Waals surface area contributed by atoms with E-state index in [9.17, 15) is 9.59 Å². The van der Waals surface area contributed by atoms with Crippen molar-refractivity contribution in [2.24, 2.45) is 0 Å². The van der Waals surface area contributed by atoms with E-state index in [4.69, 9.17) is 21.1 Å². The maximum absolute atomic E-state index is 13.7. The first-order valence-corrected chi connectivity index (χ1v) is 11.9. The molecule has 0 aliphatic carbocycles. The van der Waals surface area contributed by atoms with Gasteiger partial charge in [-0.3, -0.25) is 9.59 Å². The number of rotatable bonds is 11. The van der Waals surface area contributed by atoms with Gasteiger partial charge in [-0.25, -0.2) is 0 Å². The third kappa shape index (κ3) is 7.23. The van der Waals surface area contributed by atoms with E-state index in [0.717, 1.165) is 16.7 Å². The van der Waals surface area contributed by atoms with Crippen LogP contribution in [0.5, 0.6) is 11.5 Å². The summed E-state index contributed by atoms with van der Waals surface area (Å²) in [5, 5.41) is 3.52. The van der Waals surface area contributed by atoms with Gasteiger partial charge in [0, 0.05) is 24.5 Å². The zero-order valence-corrected chi connectivity index (χ0v) is 21.0. The fourth-order valence-electron chi connectivity index (χ4n) is 3.90. The fraction of sp³-hybridized carbons (Fsp3) is 0.286. The molecule has 184 valence electrons. The highest BCUT2D eigenvalue weighted by molar-refractivity contribution is 6.30. The predicted octanol–water partition coefficient (Wildman–Crippen LogP) is 4.68. The summed E-state index contributed by atoms with van der Waals surface area (Å²) < 4.78 is 10.7. The molecule has 3 rings (SSSR count). The van der Waals surface area contributed by atoms with Crippen LogP contribution in [0.3, 0.4) is 0 Å². The SMILES string of the molecule is CCNC(=O)[C@@H](Cc1ccccc1)N(Cc1ccc(Cl)cc1)C(=O)Cc1ccc(OC)c(OC)c1. The van der Waals surface area contributed by atoms with E-state index < -0.39 is 6.04 Å². The Morgan fingerprint density at radius 3 is 2.17 bits per heavy atom. The van der Waals surface area contributed by atoms with E-state index in [1.165, 1.54) is 0 Å². The molecule has 35 heavy (non-hydrogen) atoms. The molecule has 0 aliphatic rings. The van der Waals surface area contributed by atoms with Gasteiger partial charge >= 0.3 is 0 Å². The van der Waals surface area contributed by atoms with Crippen molar-refractivity contribution in [1.82, 2.24) is 10.2 Å². The summed E-state index contributed by atoms with van der Waals surface area (Å²) in [5.74, 6) is 0.781. The lowest BCUT2D eigenvalue weighted by Crippen LogP contribution is -2.50. The van der Waals surface area contributed by atoms with E-state index in [2.05, 4.69) is 5.32 Å². The molecule has 3 aromatic carbocycles. The average molecular weight is 495 g/mol. The van der Waals surface area contributed by atoms with Crippen LogP contribution in [0.15, 0.2) is 72.8 Å². The monoisotopic (exact) mass is 494 g/mol. The first kappa shape index (κ1) is 26.1. The van der Waals surface area contributed by atoms with Crippen LogP contribution in [0.1, 0.15) is 23.6 Å². The average Bonchev–Trinajstić information content (AvgIpc) is 2.87. The van der Waals surface area contributed by atoms with Crippen molar-refractivity contribution in [3.63, 3.8) is 0 Å². The lowest BCUT2D eigenvalue weighted by molar-refractivity contribution is -0.140. The van der Waals surface area contributed by atoms with E-state index >= 15 is 0 Å². The zero-order chi connectivity index (χ0) is 25.2. The molecule has 1 N–H and O–H groups in total. The molecule has 3 aromatic rings. The van der Waals surface area contributed by atoms with Crippen molar-refractivity contribution in [2.45, 2.75) is 32.4 Å². The van der Waals surface area contributed by atoms with Crippen molar-refractivity contribution in [1.29, 1.82) is 0 Å². The molecule has 2 amide bonds. The van der Waals surface area contributed by atoms with Crippen LogP contribution < -0.4 is 14.8 Å². The Bertz CT molecular complexity index is 1120. The highest BCUT2D eigenvalue weighted by Gasteiger charge is 2.30. The normalized spacial score (nSPS) is 11.4. The number of nitrogens with zero attached hydrogens (tertiary/aromatic N) is 1. The standard InChI is InChI=1S/C28H31ClN2O4/c1-4-30-28(33)24(16-20-8-6-5-7-9-20)31(19-21-10-13-23(29)14-11-21)27(32)18-22-12-15-25(34-2)26(17-22)35-3/h5-15,17,24H,4,16,18-19H2,1-3H3,(H,30,33)/t24-/m1/s1. The highest BCUT2D eigenvalue weighted by atomic mass is 35.5. The number of carbonyl (C=O) groups is 2. The Morgan fingerprint density at radius 1 is 0.886 bits per heavy atom. The molecule has 1 atom stereocenters. The van der Waals surface area contributed by atoms with Gasteiger partial charge in [0.2, 0.25) is 11.8 Å². The van der Waals surface area contributed by atoms with E-state index in [0.29, 0.717) is 29.5 Å². The smallest absolute Gasteiger partial charge is 0.243 e. The number of carbonyl (C=O) groups excluding carboxylic acids is 2. The Kier molecular flexibility index (Phi) is 9.56. The van der Waals surface area contributed by atoms with Gasteiger partial charge in [-0.1, -0.05) is 60.1 Å². The van der Waals surface area contributed by atoms with Crippen molar-refractivity contribution in [2.75, 3.05) is 20.8 Å². The second kappa shape index (κ2) is 12.8. The van der Waals surface area contributed by atoms with Gasteiger partial charge in [0.25, 0.3) is 0 Å². The topological polar surface area (TPSA) is 67.9 Å². The molecule has 0 radical (unpaired) electrons. The number of benzene rings is 3. The number of amides is 2. The van der Waals surface area contributed by atoms with Gasteiger partial charge < -0.3 is 19.7 Å². The highest BCUT2D eigenvalue weighted by Crippen LogP contribution is 2.28. The number of halogens is 1. The number of hydrogen-bond donors (Lipinski definition) is 1. The van der Waals surface area contributed by atoms with E-state index in [1.54, 1.807) is 43.4 Å². The number of hydrogen-bond acceptors (Lipinski definition) is 4. The minimum Gasteiger partial charge on any atom is -0.493 e. The summed E-state index contributed by atoms with van der Waals surface area (Å²) in [6.45, 7) is 2.62. The van der Waals surface area contributed by atoms with Crippen LogP contribution in [0, 0.1) is 0 Å². The van der Waals surface area contributed by atoms with Crippen molar-refractivity contribution in [3.05, 3.63) is 94.5 Å². The summed E-state index contributed by atoms with van der Waals surface area (Å²) in [6, 6.07) is 21.7. The van der Waals surface area contributed by atoms with Crippen LogP contribution in [-0.2, 0) is 29.0 Å². The van der Waals surface area contributed by atoms with Crippen molar-refractivity contribution in [3.8, 4) is 11.5 Å². The molecule has 0 bridgehead atoms. The Morgan fingerprint density at radius 2 is 1.54 bits per heavy atom. The van der Waals surface area contributed by atoms with Gasteiger partial charge in [-0.2, -0.15) is 0 Å². The first-order valence-electron chi connectivity index (χ1n) is 11.5. The summed E-state index contributed by atoms with van der Waals surface area (Å²) in [4.78, 5) is 28.6. The third-order valence-electron chi connectivity index (χ3n) is 5.69. The fourth-order valence-corrected chi connectivity index (χ4v) is 4.03. The Hall–Kier alpha value is -3.51. The molecular weight excluding hydrogens is 464 g/mol. The van der Waals surface area contributed by atoms with Gasteiger partial charge in [0.1, 0.15) is 6.04 Å². The van der Waals surface area contributed by atoms with Gasteiger partial charge in [0.15, 0.2) is 11.5 Å². The Labute approximate surface area is 211 Å². The second-order valence-electron chi connectivity index (χ2n) is 8.11. The van der Waals surface area contributed by atoms with Crippen LogP contribution >= 0.6 is 11.6 Å². The minimum absolute atomic E-state index is 0.110. The molecule has 0 saturated heterocycles. The maximum Gasteiger partial charge on any atom is 0.243 e. The molecule has 0 spiro atoms. The zero-order valence-electron chi connectivity index (χ0n) is 20.3. The van der Waals surface area contributed by atoms with Crippen molar-refractivity contribution < 1.29 is 19.1 Å². The first-order chi connectivity index (χ1) is 16.9. The second-order valence-corrected chi connectivity index (χ2v) is 8.55. The van der Waals surface area contributed by atoms with Crippen LogP contribution in [-0.4, -0.2) is 43.5 Å². The largest absolute Gasteiger partial charge is 0.493 e. The summed E-state index contributed by atoms with van der Waals surface area (Å²) in [7, 11) is 3.12. The van der Waals surface area contributed by atoms with E-state index in [-0.39, 0.29) is 24.8 Å². The molecule has 6 nitrogen and oxygen atoms in total. The van der Waals surface area contributed by atoms with Crippen LogP contribution in [0.25, 0.3) is 0 Å². The number of likely N-dealkylation sites (N-methyl/N-ethyl adjacent to an activating group) is 1. The molecule has 0 aromatic heterocycles. The quantitative estimate of drug-likeness (QED) is 0.420. The molecule has 0 heterocycles. The van der Waals surface area contributed by atoms with Crippen LogP contribution in [0.2, 0.25) is 5.02 Å². The molecule has 0 unspecified atom stereocenters. The molecule has 0 fully saturated rings. The number of ether oxygens (including phenoxy) is 2. The van der Waals surface area contributed by atoms with Crippen LogP contribution in [0.4, 0.5) is 0 Å². The molecular formula is C28H31ClN2O4. The lowest BCUT2D eigenvalue weighted by Gasteiger charge is -2.31. The molecule has 7 heteroatoms. The molecule has 0 saturated carbocycles. The van der Waals surface area contributed by atoms with E-state index in [1.807, 2.05) is 55.5 Å². The van der Waals surface area contributed by atoms with Gasteiger partial charge in [-0.05, 0) is 47.9 Å². The summed E-state index contributed by atoms with van der Waals surface area (Å²) in [5.41, 5.74) is 2.63. The maximum atomic E-state index is 13.7. The van der Waals surface area contributed by atoms with Crippen molar-refractivity contribution >= 4 is 23.4 Å². The van der Waals surface area contributed by atoms with Gasteiger partial charge in [-0.15, -0.1) is 0 Å². The lowest BCUT2D eigenvalue weighted by atomic mass is 10.0. The number of methoxy groups -OCH3 is 2. The molecule has 0 aliphatic heterocycles. The Balaban J connectivity index is 1.95. The minimum atomic E-state index is -0.680. The number of nitrogens with one attached hydrogen (secondary N) is 1. The summed E-state index contributed by atoms with van der Waals surface area (Å²) >= 11 is 6.07.